The quantitative estimate of drug-likeness (QED) is 0.388. The molecule has 0 saturated carbocycles. The van der Waals surface area contributed by atoms with Crippen molar-refractivity contribution in [2.45, 2.75) is 30.8 Å². The van der Waals surface area contributed by atoms with E-state index in [4.69, 9.17) is 25.8 Å². The first-order valence-electron chi connectivity index (χ1n) is 5.87. The molecule has 3 aliphatic rings. The van der Waals surface area contributed by atoms with E-state index in [0.29, 0.717) is 6.42 Å². The molecule has 8 heteroatoms. The van der Waals surface area contributed by atoms with Crippen LogP contribution in [-0.2, 0) is 33.3 Å². The summed E-state index contributed by atoms with van der Waals surface area (Å²) in [5.74, 6) is -2.27. The minimum absolute atomic E-state index is 0.237. The molecule has 3 aliphatic heterocycles. The highest BCUT2D eigenvalue weighted by molar-refractivity contribution is 6.26. The fourth-order valence-corrected chi connectivity index (χ4v) is 2.82. The predicted octanol–water partition coefficient (Wildman–Crippen LogP) is -0.607. The molecule has 7 nitrogen and oxygen atoms in total. The molecule has 4 unspecified atom stereocenters. The van der Waals surface area contributed by atoms with Gasteiger partial charge in [0.05, 0.1) is 12.0 Å². The molecule has 0 aromatic rings. The highest BCUT2D eigenvalue weighted by Gasteiger charge is 2.65. The van der Waals surface area contributed by atoms with Crippen molar-refractivity contribution in [1.29, 1.82) is 0 Å². The van der Waals surface area contributed by atoms with E-state index in [9.17, 15) is 14.4 Å². The Labute approximate surface area is 113 Å². The molecule has 0 aromatic carbocycles. The molecular weight excluding hydrogens is 280 g/mol. The van der Waals surface area contributed by atoms with E-state index >= 15 is 0 Å². The number of rotatable bonds is 4. The molecule has 19 heavy (non-hydrogen) atoms. The lowest BCUT2D eigenvalue weighted by Crippen LogP contribution is -2.40. The fraction of sp³-hybridized carbons (Fsp3) is 0.727. The van der Waals surface area contributed by atoms with Crippen molar-refractivity contribution < 1.29 is 33.3 Å². The lowest BCUT2D eigenvalue weighted by atomic mass is 9.88. The number of alkyl halides is 1. The van der Waals surface area contributed by atoms with Crippen molar-refractivity contribution in [3.8, 4) is 0 Å². The van der Waals surface area contributed by atoms with Crippen LogP contribution in [0, 0.1) is 5.92 Å². The Morgan fingerprint density at radius 3 is 2.84 bits per heavy atom. The maximum absolute atomic E-state index is 11.5. The van der Waals surface area contributed by atoms with Gasteiger partial charge >= 0.3 is 17.9 Å². The van der Waals surface area contributed by atoms with Gasteiger partial charge in [-0.25, -0.2) is 4.79 Å². The van der Waals surface area contributed by atoms with Crippen LogP contribution in [0.25, 0.3) is 0 Å². The molecule has 0 amide bonds. The zero-order chi connectivity index (χ0) is 13.6. The number of fused-ring (bicyclic) bond motifs is 1. The molecule has 3 fully saturated rings. The lowest BCUT2D eigenvalue weighted by Gasteiger charge is -2.22. The van der Waals surface area contributed by atoms with Crippen LogP contribution in [0.5, 0.6) is 0 Å². The second-order valence-corrected chi connectivity index (χ2v) is 4.90. The summed E-state index contributed by atoms with van der Waals surface area (Å²) in [5, 5.41) is 0. The standard InChI is InChI=1S/C11H11ClO7/c12-2-6(13)16-3-7(14)18-9-5-1-4-8(17-5)10(9)19-11(4)15/h4-5,8-10H,1-3H2/t4?,5?,8?,9-,10?/m1/s1. The summed E-state index contributed by atoms with van der Waals surface area (Å²) >= 11 is 5.22. The normalized spacial score (nSPS) is 38.2. The SMILES string of the molecule is O=C(CCl)OCC(=O)O[C@@H]1C2CC3C(=O)OC1C3O2. The number of hydrogen-bond donors (Lipinski definition) is 0. The topological polar surface area (TPSA) is 88.1 Å². The van der Waals surface area contributed by atoms with E-state index in [1.54, 1.807) is 0 Å². The molecule has 0 aromatic heterocycles. The van der Waals surface area contributed by atoms with Gasteiger partial charge in [0.25, 0.3) is 0 Å². The lowest BCUT2D eigenvalue weighted by molar-refractivity contribution is -0.168. The molecule has 2 bridgehead atoms. The molecular formula is C11H11ClO7. The van der Waals surface area contributed by atoms with Crippen molar-refractivity contribution >= 4 is 29.5 Å². The van der Waals surface area contributed by atoms with Crippen LogP contribution in [0.2, 0.25) is 0 Å². The number of ether oxygens (including phenoxy) is 4. The van der Waals surface area contributed by atoms with Gasteiger partial charge in [0, 0.05) is 0 Å². The van der Waals surface area contributed by atoms with E-state index in [2.05, 4.69) is 4.74 Å². The van der Waals surface area contributed by atoms with Gasteiger partial charge in [-0.2, -0.15) is 0 Å². The summed E-state index contributed by atoms with van der Waals surface area (Å²) in [4.78, 5) is 33.8. The van der Waals surface area contributed by atoms with Crippen molar-refractivity contribution in [2.75, 3.05) is 12.5 Å². The largest absolute Gasteiger partial charge is 0.455 e. The Balaban J connectivity index is 1.55. The second kappa shape index (κ2) is 4.64. The molecule has 0 aliphatic carbocycles. The molecule has 0 spiro atoms. The van der Waals surface area contributed by atoms with Crippen LogP contribution in [0.1, 0.15) is 6.42 Å². The van der Waals surface area contributed by atoms with Gasteiger partial charge in [0.15, 0.2) is 18.8 Å². The minimum Gasteiger partial charge on any atom is -0.455 e. The van der Waals surface area contributed by atoms with E-state index in [1.165, 1.54) is 0 Å². The predicted molar refractivity (Wildman–Crippen MR) is 58.2 cm³/mol. The molecule has 104 valence electrons. The third kappa shape index (κ3) is 2.06. The Bertz CT molecular complexity index is 437. The van der Waals surface area contributed by atoms with Gasteiger partial charge in [0.1, 0.15) is 12.0 Å². The smallest absolute Gasteiger partial charge is 0.344 e. The number of carbonyl (C=O) groups excluding carboxylic acids is 3. The summed E-state index contributed by atoms with van der Waals surface area (Å²) in [6, 6.07) is 0. The number of carbonyl (C=O) groups is 3. The average molecular weight is 291 g/mol. The van der Waals surface area contributed by atoms with E-state index in [0.717, 1.165) is 0 Å². The van der Waals surface area contributed by atoms with Crippen molar-refractivity contribution in [2.24, 2.45) is 5.92 Å². The molecule has 5 atom stereocenters. The van der Waals surface area contributed by atoms with Crippen LogP contribution >= 0.6 is 11.6 Å². The van der Waals surface area contributed by atoms with Crippen molar-refractivity contribution in [3.63, 3.8) is 0 Å². The molecule has 0 radical (unpaired) electrons. The summed E-state index contributed by atoms with van der Waals surface area (Å²) in [5.41, 5.74) is 0. The Hall–Kier alpha value is -1.34. The second-order valence-electron chi connectivity index (χ2n) is 4.63. The minimum atomic E-state index is -0.709. The Morgan fingerprint density at radius 2 is 2.11 bits per heavy atom. The Kier molecular flexibility index (Phi) is 3.10. The summed E-state index contributed by atoms with van der Waals surface area (Å²) in [7, 11) is 0. The summed E-state index contributed by atoms with van der Waals surface area (Å²) < 4.78 is 20.4. The van der Waals surface area contributed by atoms with Gasteiger partial charge < -0.3 is 18.9 Å². The van der Waals surface area contributed by atoms with Crippen LogP contribution in [0.4, 0.5) is 0 Å². The third-order valence-electron chi connectivity index (χ3n) is 3.51. The van der Waals surface area contributed by atoms with Crippen molar-refractivity contribution in [3.05, 3.63) is 0 Å². The van der Waals surface area contributed by atoms with Crippen LogP contribution in [0.3, 0.4) is 0 Å². The van der Waals surface area contributed by atoms with Gasteiger partial charge in [-0.3, -0.25) is 9.59 Å². The molecule has 3 heterocycles. The fourth-order valence-electron chi connectivity index (χ4n) is 2.75. The molecule has 0 N–H and O–H groups in total. The van der Waals surface area contributed by atoms with E-state index in [-0.39, 0.29) is 30.0 Å². The number of halogens is 1. The highest BCUT2D eigenvalue weighted by Crippen LogP contribution is 2.47. The maximum Gasteiger partial charge on any atom is 0.344 e. The van der Waals surface area contributed by atoms with E-state index in [1.807, 2.05) is 0 Å². The first kappa shape index (κ1) is 12.7. The van der Waals surface area contributed by atoms with Gasteiger partial charge in [-0.05, 0) is 6.42 Å². The summed E-state index contributed by atoms with van der Waals surface area (Å²) in [6.07, 6.45) is -1.29. The summed E-state index contributed by atoms with van der Waals surface area (Å²) in [6.45, 7) is -0.510. The first-order valence-corrected chi connectivity index (χ1v) is 6.40. The van der Waals surface area contributed by atoms with Gasteiger partial charge in [-0.15, -0.1) is 11.6 Å². The van der Waals surface area contributed by atoms with Gasteiger partial charge in [-0.1, -0.05) is 0 Å². The number of hydrogen-bond acceptors (Lipinski definition) is 7. The monoisotopic (exact) mass is 290 g/mol. The van der Waals surface area contributed by atoms with Crippen molar-refractivity contribution in [1.82, 2.24) is 0 Å². The third-order valence-corrected chi connectivity index (χ3v) is 3.73. The van der Waals surface area contributed by atoms with Crippen LogP contribution in [-0.4, -0.2) is 54.8 Å². The number of esters is 3. The molecule has 3 saturated heterocycles. The zero-order valence-electron chi connectivity index (χ0n) is 9.74. The van der Waals surface area contributed by atoms with Crippen LogP contribution < -0.4 is 0 Å². The zero-order valence-corrected chi connectivity index (χ0v) is 10.5. The first-order chi connectivity index (χ1) is 9.10. The maximum atomic E-state index is 11.5. The van der Waals surface area contributed by atoms with Gasteiger partial charge in [0.2, 0.25) is 0 Å². The average Bonchev–Trinajstić information content (AvgIpc) is 3.00. The molecule has 3 rings (SSSR count). The van der Waals surface area contributed by atoms with Crippen LogP contribution in [0.15, 0.2) is 0 Å². The highest BCUT2D eigenvalue weighted by atomic mass is 35.5. The van der Waals surface area contributed by atoms with E-state index < -0.39 is 30.8 Å². The Morgan fingerprint density at radius 1 is 1.32 bits per heavy atom.